The van der Waals surface area contributed by atoms with Gasteiger partial charge < -0.3 is 10.1 Å². The van der Waals surface area contributed by atoms with Gasteiger partial charge >= 0.3 is 0 Å². The monoisotopic (exact) mass is 404 g/mol. The second-order valence-electron chi connectivity index (χ2n) is 6.24. The Morgan fingerprint density at radius 2 is 1.57 bits per heavy atom. The molecule has 1 N–H and O–H groups in total. The first-order valence-electron chi connectivity index (χ1n) is 8.82. The van der Waals surface area contributed by atoms with Crippen LogP contribution in [0, 0.1) is 0 Å². The number of hydrogen-bond donors (Lipinski definition) is 1. The van der Waals surface area contributed by atoms with Crippen molar-refractivity contribution < 1.29 is 22.7 Å². The van der Waals surface area contributed by atoms with E-state index >= 15 is 0 Å². The zero-order valence-corrected chi connectivity index (χ0v) is 17.0. The molecular weight excluding hydrogens is 380 g/mol. The molecule has 150 valence electrons. The normalized spacial score (nSPS) is 11.3. The Kier molecular flexibility index (Phi) is 7.31. The van der Waals surface area contributed by atoms with Crippen LogP contribution in [-0.4, -0.2) is 45.1 Å². The molecule has 1 amide bonds. The van der Waals surface area contributed by atoms with E-state index in [1.54, 1.807) is 24.3 Å². The smallest absolute Gasteiger partial charge is 0.242 e. The fourth-order valence-corrected chi connectivity index (χ4v) is 3.32. The van der Waals surface area contributed by atoms with Gasteiger partial charge in [-0.3, -0.25) is 9.59 Å². The third-order valence-electron chi connectivity index (χ3n) is 3.98. The van der Waals surface area contributed by atoms with Crippen LogP contribution in [-0.2, 0) is 14.8 Å². The molecule has 0 saturated heterocycles. The van der Waals surface area contributed by atoms with Crippen LogP contribution in [0.15, 0.2) is 53.4 Å². The fourth-order valence-electron chi connectivity index (χ4n) is 2.42. The molecule has 2 aromatic rings. The summed E-state index contributed by atoms with van der Waals surface area (Å²) in [5, 5.41) is 2.66. The molecule has 28 heavy (non-hydrogen) atoms. The van der Waals surface area contributed by atoms with Gasteiger partial charge in [-0.1, -0.05) is 0 Å². The number of amides is 1. The molecule has 2 aromatic carbocycles. The number of ether oxygens (including phenoxy) is 1. The summed E-state index contributed by atoms with van der Waals surface area (Å²) in [5.41, 5.74) is 0.991. The molecule has 0 unspecified atom stereocenters. The Morgan fingerprint density at radius 1 is 0.964 bits per heavy atom. The van der Waals surface area contributed by atoms with Crippen molar-refractivity contribution >= 4 is 27.4 Å². The van der Waals surface area contributed by atoms with Crippen molar-refractivity contribution in [2.24, 2.45) is 0 Å². The van der Waals surface area contributed by atoms with Crippen molar-refractivity contribution in [1.29, 1.82) is 0 Å². The molecule has 0 radical (unpaired) electrons. The molecular formula is C20H24N2O5S. The Labute approximate surface area is 165 Å². The number of Topliss-reactive ketones (excluding diaryl/α,β-unsaturated/α-hetero) is 1. The SMILES string of the molecule is CCOc1ccc(C(=O)CCC(=O)Nc2ccc(S(=O)(=O)N(C)C)cc2)cc1. The minimum Gasteiger partial charge on any atom is -0.494 e. The van der Waals surface area contributed by atoms with Crippen molar-refractivity contribution in [3.8, 4) is 5.75 Å². The molecule has 0 aliphatic rings. The topological polar surface area (TPSA) is 92.8 Å². The summed E-state index contributed by atoms with van der Waals surface area (Å²) in [6, 6.07) is 12.7. The van der Waals surface area contributed by atoms with Crippen molar-refractivity contribution in [3.63, 3.8) is 0 Å². The number of rotatable bonds is 9. The second kappa shape index (κ2) is 9.48. The van der Waals surface area contributed by atoms with E-state index in [2.05, 4.69) is 5.32 Å². The maximum absolute atomic E-state index is 12.2. The second-order valence-corrected chi connectivity index (χ2v) is 8.39. The Balaban J connectivity index is 1.89. The molecule has 0 aromatic heterocycles. The predicted molar refractivity (Wildman–Crippen MR) is 107 cm³/mol. The van der Waals surface area contributed by atoms with Gasteiger partial charge in [0.1, 0.15) is 5.75 Å². The Bertz CT molecular complexity index is 920. The number of carbonyl (C=O) groups excluding carboxylic acids is 2. The van der Waals surface area contributed by atoms with Crippen LogP contribution in [0.5, 0.6) is 5.75 Å². The average Bonchev–Trinajstić information content (AvgIpc) is 2.67. The van der Waals surface area contributed by atoms with E-state index in [-0.39, 0.29) is 29.4 Å². The number of nitrogens with zero attached hydrogens (tertiary/aromatic N) is 1. The van der Waals surface area contributed by atoms with E-state index in [1.165, 1.54) is 38.4 Å². The van der Waals surface area contributed by atoms with Gasteiger partial charge in [0, 0.05) is 38.2 Å². The van der Waals surface area contributed by atoms with Crippen molar-refractivity contribution in [2.75, 3.05) is 26.0 Å². The highest BCUT2D eigenvalue weighted by atomic mass is 32.2. The Hall–Kier alpha value is -2.71. The van der Waals surface area contributed by atoms with E-state index in [4.69, 9.17) is 4.74 Å². The number of sulfonamides is 1. The van der Waals surface area contributed by atoms with E-state index < -0.39 is 10.0 Å². The third-order valence-corrected chi connectivity index (χ3v) is 5.81. The van der Waals surface area contributed by atoms with Gasteiger partial charge in [-0.15, -0.1) is 0 Å². The van der Waals surface area contributed by atoms with E-state index in [9.17, 15) is 18.0 Å². The molecule has 0 spiro atoms. The lowest BCUT2D eigenvalue weighted by molar-refractivity contribution is -0.116. The molecule has 0 fully saturated rings. The molecule has 0 heterocycles. The van der Waals surface area contributed by atoms with Gasteiger partial charge in [-0.05, 0) is 55.5 Å². The zero-order valence-electron chi connectivity index (χ0n) is 16.1. The molecule has 8 heteroatoms. The van der Waals surface area contributed by atoms with Gasteiger partial charge in [-0.2, -0.15) is 0 Å². The fraction of sp³-hybridized carbons (Fsp3) is 0.300. The molecule has 0 aliphatic carbocycles. The zero-order chi connectivity index (χ0) is 20.7. The summed E-state index contributed by atoms with van der Waals surface area (Å²) in [6.45, 7) is 2.43. The van der Waals surface area contributed by atoms with Gasteiger partial charge in [0.05, 0.1) is 11.5 Å². The summed E-state index contributed by atoms with van der Waals surface area (Å²) < 4.78 is 30.5. The lowest BCUT2D eigenvalue weighted by Gasteiger charge is -2.12. The van der Waals surface area contributed by atoms with Crippen LogP contribution in [0.1, 0.15) is 30.1 Å². The number of nitrogens with one attached hydrogen (secondary N) is 1. The largest absolute Gasteiger partial charge is 0.494 e. The van der Waals surface area contributed by atoms with Crippen molar-refractivity contribution in [1.82, 2.24) is 4.31 Å². The van der Waals surface area contributed by atoms with Gasteiger partial charge in [0.15, 0.2) is 5.78 Å². The number of carbonyl (C=O) groups is 2. The highest BCUT2D eigenvalue weighted by molar-refractivity contribution is 7.89. The lowest BCUT2D eigenvalue weighted by Crippen LogP contribution is -2.22. The third kappa shape index (κ3) is 5.64. The molecule has 0 aliphatic heterocycles. The predicted octanol–water partition coefficient (Wildman–Crippen LogP) is 2.94. The van der Waals surface area contributed by atoms with Gasteiger partial charge in [0.25, 0.3) is 0 Å². The molecule has 0 atom stereocenters. The summed E-state index contributed by atoms with van der Waals surface area (Å²) in [7, 11) is -0.612. The highest BCUT2D eigenvalue weighted by Gasteiger charge is 2.17. The lowest BCUT2D eigenvalue weighted by atomic mass is 10.1. The van der Waals surface area contributed by atoms with Crippen LogP contribution in [0.4, 0.5) is 5.69 Å². The minimum atomic E-state index is -3.51. The van der Waals surface area contributed by atoms with Crippen LogP contribution < -0.4 is 10.1 Å². The average molecular weight is 404 g/mol. The quantitative estimate of drug-likeness (QED) is 0.649. The molecule has 0 saturated carbocycles. The van der Waals surface area contributed by atoms with E-state index in [0.29, 0.717) is 23.6 Å². The standard InChI is InChI=1S/C20H24N2O5S/c1-4-27-17-9-5-15(6-10-17)19(23)13-14-20(24)21-16-7-11-18(12-8-16)28(25,26)22(2)3/h5-12H,4,13-14H2,1-3H3,(H,21,24). The first kappa shape index (κ1) is 21.6. The minimum absolute atomic E-state index is 0.0315. The number of ketones is 1. The van der Waals surface area contributed by atoms with Crippen LogP contribution in [0.25, 0.3) is 0 Å². The summed E-state index contributed by atoms with van der Waals surface area (Å²) in [5.74, 6) is 0.240. The molecule has 0 bridgehead atoms. The molecule has 7 nitrogen and oxygen atoms in total. The number of benzene rings is 2. The highest BCUT2D eigenvalue weighted by Crippen LogP contribution is 2.17. The number of anilines is 1. The van der Waals surface area contributed by atoms with E-state index in [1.807, 2.05) is 6.92 Å². The Morgan fingerprint density at radius 3 is 2.11 bits per heavy atom. The van der Waals surface area contributed by atoms with Crippen LogP contribution in [0.3, 0.4) is 0 Å². The summed E-state index contributed by atoms with van der Waals surface area (Å²) in [6.07, 6.45) is 0.108. The first-order valence-corrected chi connectivity index (χ1v) is 10.3. The van der Waals surface area contributed by atoms with Crippen LogP contribution in [0.2, 0.25) is 0 Å². The van der Waals surface area contributed by atoms with Gasteiger partial charge in [0.2, 0.25) is 15.9 Å². The van der Waals surface area contributed by atoms with Crippen molar-refractivity contribution in [3.05, 3.63) is 54.1 Å². The molecule has 2 rings (SSSR count). The maximum Gasteiger partial charge on any atom is 0.242 e. The van der Waals surface area contributed by atoms with Crippen molar-refractivity contribution in [2.45, 2.75) is 24.7 Å². The maximum atomic E-state index is 12.2. The van der Waals surface area contributed by atoms with E-state index in [0.717, 1.165) is 4.31 Å². The summed E-state index contributed by atoms with van der Waals surface area (Å²) in [4.78, 5) is 24.4. The summed E-state index contributed by atoms with van der Waals surface area (Å²) >= 11 is 0. The first-order chi connectivity index (χ1) is 13.2. The number of hydrogen-bond acceptors (Lipinski definition) is 5. The van der Waals surface area contributed by atoms with Crippen LogP contribution >= 0.6 is 0 Å². The van der Waals surface area contributed by atoms with Gasteiger partial charge in [-0.25, -0.2) is 12.7 Å².